The Morgan fingerprint density at radius 1 is 1.47 bits per heavy atom. The lowest BCUT2D eigenvalue weighted by molar-refractivity contribution is -0.161. The van der Waals surface area contributed by atoms with E-state index in [-0.39, 0.29) is 16.8 Å². The average Bonchev–Trinajstić information content (AvgIpc) is 2.25. The molecule has 0 aliphatic heterocycles. The van der Waals surface area contributed by atoms with Crippen LogP contribution in [-0.2, 0) is 9.53 Å². The molecule has 2 heteroatoms. The number of esters is 1. The third-order valence-corrected chi connectivity index (χ3v) is 4.82. The van der Waals surface area contributed by atoms with Crippen molar-refractivity contribution in [2.24, 2.45) is 16.7 Å². The van der Waals surface area contributed by atoms with Gasteiger partial charge < -0.3 is 4.74 Å². The Morgan fingerprint density at radius 2 is 2.00 bits per heavy atom. The number of carbonyl (C=O) groups is 1. The zero-order chi connectivity index (χ0) is 13.4. The van der Waals surface area contributed by atoms with Crippen LogP contribution in [0.25, 0.3) is 0 Å². The van der Waals surface area contributed by atoms with Crippen LogP contribution in [0.15, 0.2) is 11.1 Å². The number of rotatable bonds is 3. The van der Waals surface area contributed by atoms with Crippen molar-refractivity contribution in [1.29, 1.82) is 0 Å². The molecule has 0 aromatic heterocycles. The van der Waals surface area contributed by atoms with Gasteiger partial charge in [-0.2, -0.15) is 0 Å². The first-order valence-electron chi connectivity index (χ1n) is 6.47. The van der Waals surface area contributed by atoms with Crippen molar-refractivity contribution < 1.29 is 9.53 Å². The van der Waals surface area contributed by atoms with E-state index < -0.39 is 0 Å². The largest absolute Gasteiger partial charge is 0.469 e. The van der Waals surface area contributed by atoms with Gasteiger partial charge in [-0.3, -0.25) is 4.79 Å². The second-order valence-corrected chi connectivity index (χ2v) is 6.22. The first-order chi connectivity index (χ1) is 7.71. The average molecular weight is 238 g/mol. The smallest absolute Gasteiger partial charge is 0.311 e. The Bertz CT molecular complexity index is 348. The summed E-state index contributed by atoms with van der Waals surface area (Å²) in [6.07, 6.45) is 1.87. The molecule has 1 rings (SSSR count). The Hall–Kier alpha value is -0.790. The number of methoxy groups -OCH3 is 1. The topological polar surface area (TPSA) is 26.3 Å². The van der Waals surface area contributed by atoms with Gasteiger partial charge in [0.25, 0.3) is 0 Å². The summed E-state index contributed by atoms with van der Waals surface area (Å²) in [6.45, 7) is 12.9. The van der Waals surface area contributed by atoms with Crippen LogP contribution >= 0.6 is 0 Å². The lowest BCUT2D eigenvalue weighted by Crippen LogP contribution is -2.51. The van der Waals surface area contributed by atoms with E-state index in [1.807, 2.05) is 6.92 Å². The zero-order valence-corrected chi connectivity index (χ0v) is 12.3. The summed E-state index contributed by atoms with van der Waals surface area (Å²) in [5, 5.41) is 0. The fraction of sp³-hybridized carbons (Fsp3) is 0.800. The Kier molecular flexibility index (Phi) is 3.75. The highest BCUT2D eigenvalue weighted by Gasteiger charge is 2.55. The molecule has 2 atom stereocenters. The van der Waals surface area contributed by atoms with E-state index in [1.54, 1.807) is 0 Å². The van der Waals surface area contributed by atoms with Gasteiger partial charge in [0.1, 0.15) is 0 Å². The quantitative estimate of drug-likeness (QED) is 0.549. The lowest BCUT2D eigenvalue weighted by atomic mass is 9.48. The van der Waals surface area contributed by atoms with Gasteiger partial charge in [-0.15, -0.1) is 0 Å². The molecule has 0 N–H and O–H groups in total. The van der Waals surface area contributed by atoms with Crippen molar-refractivity contribution in [2.75, 3.05) is 7.11 Å². The normalized spacial score (nSPS) is 25.8. The first kappa shape index (κ1) is 14.3. The second-order valence-electron chi connectivity index (χ2n) is 6.22. The minimum Gasteiger partial charge on any atom is -0.469 e. The molecule has 0 saturated heterocycles. The van der Waals surface area contributed by atoms with E-state index in [2.05, 4.69) is 34.6 Å². The van der Waals surface area contributed by atoms with E-state index >= 15 is 0 Å². The third-order valence-electron chi connectivity index (χ3n) is 4.82. The van der Waals surface area contributed by atoms with E-state index in [4.69, 9.17) is 4.74 Å². The van der Waals surface area contributed by atoms with Crippen LogP contribution in [0.2, 0.25) is 0 Å². The molecule has 1 fully saturated rings. The van der Waals surface area contributed by atoms with Crippen LogP contribution in [0.4, 0.5) is 0 Å². The van der Waals surface area contributed by atoms with E-state index in [0.29, 0.717) is 5.92 Å². The summed E-state index contributed by atoms with van der Waals surface area (Å²) in [6, 6.07) is 0. The van der Waals surface area contributed by atoms with Crippen LogP contribution in [0.5, 0.6) is 0 Å². The summed E-state index contributed by atoms with van der Waals surface area (Å²) >= 11 is 0. The predicted octanol–water partition coefficient (Wildman–Crippen LogP) is 3.96. The third kappa shape index (κ3) is 2.02. The van der Waals surface area contributed by atoms with E-state index in [9.17, 15) is 4.79 Å². The predicted molar refractivity (Wildman–Crippen MR) is 70.7 cm³/mol. The highest BCUT2D eigenvalue weighted by atomic mass is 16.5. The molecule has 0 radical (unpaired) electrons. The van der Waals surface area contributed by atoms with Crippen molar-refractivity contribution >= 4 is 5.97 Å². The number of carbonyl (C=O) groups excluding carboxylic acids is 1. The number of ether oxygens (including phenoxy) is 1. The van der Waals surface area contributed by atoms with Gasteiger partial charge in [0, 0.05) is 0 Å². The molecule has 1 aliphatic rings. The van der Waals surface area contributed by atoms with Gasteiger partial charge >= 0.3 is 5.97 Å². The fourth-order valence-electron chi connectivity index (χ4n) is 3.44. The molecular weight excluding hydrogens is 212 g/mol. The van der Waals surface area contributed by atoms with Crippen LogP contribution in [-0.4, -0.2) is 13.1 Å². The minimum absolute atomic E-state index is 0.0640. The monoisotopic (exact) mass is 238 g/mol. The molecule has 0 aromatic carbocycles. The van der Waals surface area contributed by atoms with E-state index in [0.717, 1.165) is 12.8 Å². The van der Waals surface area contributed by atoms with Gasteiger partial charge in [-0.1, -0.05) is 31.9 Å². The van der Waals surface area contributed by atoms with Crippen molar-refractivity contribution in [3.63, 3.8) is 0 Å². The Labute approximate surface area is 105 Å². The molecule has 1 aliphatic carbocycles. The van der Waals surface area contributed by atoms with Gasteiger partial charge in [0.15, 0.2) is 0 Å². The molecule has 0 spiro atoms. The summed E-state index contributed by atoms with van der Waals surface area (Å²) in [5.74, 6) is 0.322. The number of hydrogen-bond donors (Lipinski definition) is 0. The van der Waals surface area contributed by atoms with Crippen LogP contribution in [0.3, 0.4) is 0 Å². The Morgan fingerprint density at radius 3 is 2.29 bits per heavy atom. The lowest BCUT2D eigenvalue weighted by Gasteiger charge is -2.55. The molecule has 1 saturated carbocycles. The first-order valence-corrected chi connectivity index (χ1v) is 6.47. The number of hydrogen-bond acceptors (Lipinski definition) is 2. The maximum absolute atomic E-state index is 12.0. The van der Waals surface area contributed by atoms with Crippen molar-refractivity contribution in [3.8, 4) is 0 Å². The van der Waals surface area contributed by atoms with Gasteiger partial charge in [-0.05, 0) is 44.9 Å². The molecule has 98 valence electrons. The summed E-state index contributed by atoms with van der Waals surface area (Å²) in [4.78, 5) is 12.0. The SMILES string of the molecule is CCC(C)(C(=O)OC)C1CC(=C(C)C)C1(C)C. The summed E-state index contributed by atoms with van der Waals surface area (Å²) < 4.78 is 5.00. The van der Waals surface area contributed by atoms with Gasteiger partial charge in [0.2, 0.25) is 0 Å². The standard InChI is InChI=1S/C15H26O2/c1-8-15(6,13(16)17-7)12-9-11(10(2)3)14(12,4)5/h12H,8-9H2,1-7H3. The molecule has 0 bridgehead atoms. The summed E-state index contributed by atoms with van der Waals surface area (Å²) in [5.41, 5.74) is 2.68. The van der Waals surface area contributed by atoms with Gasteiger partial charge in [-0.25, -0.2) is 0 Å². The van der Waals surface area contributed by atoms with Crippen LogP contribution < -0.4 is 0 Å². The second kappa shape index (κ2) is 4.47. The van der Waals surface area contributed by atoms with Crippen molar-refractivity contribution in [3.05, 3.63) is 11.1 Å². The molecular formula is C15H26O2. The van der Waals surface area contributed by atoms with Crippen molar-refractivity contribution in [2.45, 2.75) is 54.4 Å². The molecule has 2 nitrogen and oxygen atoms in total. The molecule has 17 heavy (non-hydrogen) atoms. The highest BCUT2D eigenvalue weighted by molar-refractivity contribution is 5.77. The highest BCUT2D eigenvalue weighted by Crippen LogP contribution is 2.60. The maximum atomic E-state index is 12.0. The van der Waals surface area contributed by atoms with Gasteiger partial charge in [0.05, 0.1) is 12.5 Å². The van der Waals surface area contributed by atoms with Crippen LogP contribution in [0.1, 0.15) is 54.4 Å². The fourth-order valence-corrected chi connectivity index (χ4v) is 3.44. The molecule has 2 unspecified atom stereocenters. The Balaban J connectivity index is 3.05. The minimum atomic E-state index is -0.350. The molecule has 0 aromatic rings. The summed E-state index contributed by atoms with van der Waals surface area (Å²) in [7, 11) is 1.49. The zero-order valence-electron chi connectivity index (χ0n) is 12.3. The molecule has 0 amide bonds. The van der Waals surface area contributed by atoms with E-state index in [1.165, 1.54) is 18.3 Å². The molecule has 0 heterocycles. The number of allylic oxidation sites excluding steroid dienone is 2. The van der Waals surface area contributed by atoms with Crippen molar-refractivity contribution in [1.82, 2.24) is 0 Å². The van der Waals surface area contributed by atoms with Crippen LogP contribution in [0, 0.1) is 16.7 Å². The maximum Gasteiger partial charge on any atom is 0.311 e.